The normalized spacial score (nSPS) is 23.1. The lowest BCUT2D eigenvalue weighted by Gasteiger charge is -2.42. The second-order valence-corrected chi connectivity index (χ2v) is 8.81. The molecule has 0 radical (unpaired) electrons. The second-order valence-electron chi connectivity index (χ2n) is 7.78. The maximum atomic E-state index is 13.2. The maximum Gasteiger partial charge on any atom is 0.305 e. The Hall–Kier alpha value is -2.91. The van der Waals surface area contributed by atoms with Crippen LogP contribution in [0.3, 0.4) is 0 Å². The standard InChI is InChI=1S/C22H24N2O6S/c1-24-17-6-5-14(10-21(26)27)30-19(17)12-29-18-7-4-13(9-16(18)22(24)28)23-20(25)11-15-3-2-8-31-15/h2-4,7-9,14,17,19H,5-6,10-12H2,1H3,(H,23,25)(H,26,27)/t14-,17-,19+/m1/s1. The zero-order valence-corrected chi connectivity index (χ0v) is 17.9. The summed E-state index contributed by atoms with van der Waals surface area (Å²) in [7, 11) is 1.72. The number of hydrogen-bond donors (Lipinski definition) is 2. The molecule has 0 bridgehead atoms. The van der Waals surface area contributed by atoms with Crippen LogP contribution in [-0.2, 0) is 20.7 Å². The average Bonchev–Trinajstić information content (AvgIpc) is 3.23. The molecule has 9 heteroatoms. The number of carboxylic acids is 1. The number of nitrogens with one attached hydrogen (secondary N) is 1. The number of hydrogen-bond acceptors (Lipinski definition) is 6. The number of benzene rings is 1. The fraction of sp³-hybridized carbons (Fsp3) is 0.409. The number of amides is 2. The van der Waals surface area contributed by atoms with Gasteiger partial charge in [0.25, 0.3) is 5.91 Å². The van der Waals surface area contributed by atoms with Gasteiger partial charge in [-0.15, -0.1) is 11.3 Å². The summed E-state index contributed by atoms with van der Waals surface area (Å²) in [5.74, 6) is -0.867. The van der Waals surface area contributed by atoms with E-state index in [-0.39, 0.29) is 43.4 Å². The fourth-order valence-electron chi connectivity index (χ4n) is 4.08. The summed E-state index contributed by atoms with van der Waals surface area (Å²) in [4.78, 5) is 39.1. The first-order valence-corrected chi connectivity index (χ1v) is 11.0. The van der Waals surface area contributed by atoms with Gasteiger partial charge in [-0.05, 0) is 42.5 Å². The number of likely N-dealkylation sites (N-methyl/N-ethyl adjacent to an activating group) is 1. The van der Waals surface area contributed by atoms with Gasteiger partial charge in [0.2, 0.25) is 5.91 Å². The van der Waals surface area contributed by atoms with Crippen LogP contribution >= 0.6 is 11.3 Å². The van der Waals surface area contributed by atoms with Gasteiger partial charge in [-0.2, -0.15) is 0 Å². The van der Waals surface area contributed by atoms with Crippen molar-refractivity contribution in [2.45, 2.75) is 43.9 Å². The van der Waals surface area contributed by atoms with E-state index in [4.69, 9.17) is 14.6 Å². The first-order valence-electron chi connectivity index (χ1n) is 10.1. The summed E-state index contributed by atoms with van der Waals surface area (Å²) >= 11 is 1.52. The van der Waals surface area contributed by atoms with E-state index in [0.29, 0.717) is 29.8 Å². The molecule has 2 aliphatic rings. The molecule has 2 amide bonds. The maximum absolute atomic E-state index is 13.2. The molecule has 0 spiro atoms. The minimum atomic E-state index is -0.904. The minimum Gasteiger partial charge on any atom is -0.490 e. The Labute approximate surface area is 183 Å². The SMILES string of the molecule is CN1C(=O)c2cc(NC(=O)Cc3cccs3)ccc2OC[C@@H]2O[C@@H](CC(=O)O)CC[C@H]21. The first-order chi connectivity index (χ1) is 14.9. The molecular weight excluding hydrogens is 420 g/mol. The van der Waals surface area contributed by atoms with Gasteiger partial charge in [0.05, 0.1) is 30.6 Å². The Balaban J connectivity index is 1.49. The molecule has 1 saturated heterocycles. The number of nitrogens with zero attached hydrogens (tertiary/aromatic N) is 1. The number of carboxylic acid groups (broad SMARTS) is 1. The van der Waals surface area contributed by atoms with E-state index < -0.39 is 12.1 Å². The molecule has 0 aliphatic carbocycles. The Bertz CT molecular complexity index is 976. The lowest BCUT2D eigenvalue weighted by Crippen LogP contribution is -2.53. The van der Waals surface area contributed by atoms with E-state index in [2.05, 4.69) is 5.32 Å². The van der Waals surface area contributed by atoms with Crippen LogP contribution in [0.1, 0.15) is 34.5 Å². The van der Waals surface area contributed by atoms with Crippen LogP contribution in [0.5, 0.6) is 5.75 Å². The molecule has 2 N–H and O–H groups in total. The van der Waals surface area contributed by atoms with E-state index >= 15 is 0 Å². The van der Waals surface area contributed by atoms with Gasteiger partial charge in [0.1, 0.15) is 18.5 Å². The summed E-state index contributed by atoms with van der Waals surface area (Å²) in [6, 6.07) is 8.60. The molecule has 3 heterocycles. The first kappa shape index (κ1) is 21.3. The van der Waals surface area contributed by atoms with Crippen LogP contribution in [-0.4, -0.2) is 59.7 Å². The van der Waals surface area contributed by atoms with Crippen LogP contribution in [0, 0.1) is 0 Å². The van der Waals surface area contributed by atoms with Crippen molar-refractivity contribution in [3.8, 4) is 5.75 Å². The fourth-order valence-corrected chi connectivity index (χ4v) is 4.78. The predicted octanol–water partition coefficient (Wildman–Crippen LogP) is 2.78. The number of anilines is 1. The molecule has 2 aromatic rings. The van der Waals surface area contributed by atoms with Crippen molar-refractivity contribution in [3.05, 3.63) is 46.2 Å². The number of fused-ring (bicyclic) bond motifs is 2. The highest BCUT2D eigenvalue weighted by Gasteiger charge is 2.39. The number of rotatable bonds is 5. The van der Waals surface area contributed by atoms with Gasteiger partial charge in [-0.3, -0.25) is 14.4 Å². The van der Waals surface area contributed by atoms with Crippen LogP contribution in [0.4, 0.5) is 5.69 Å². The Kier molecular flexibility index (Phi) is 6.24. The van der Waals surface area contributed by atoms with Crippen molar-refractivity contribution >= 4 is 34.8 Å². The average molecular weight is 445 g/mol. The van der Waals surface area contributed by atoms with E-state index in [9.17, 15) is 14.4 Å². The molecule has 164 valence electrons. The Morgan fingerprint density at radius 3 is 2.87 bits per heavy atom. The van der Waals surface area contributed by atoms with Gasteiger partial charge in [0.15, 0.2) is 0 Å². The third-order valence-electron chi connectivity index (χ3n) is 5.61. The smallest absolute Gasteiger partial charge is 0.305 e. The van der Waals surface area contributed by atoms with Gasteiger partial charge in [0, 0.05) is 17.6 Å². The second kappa shape index (κ2) is 9.07. The highest BCUT2D eigenvalue weighted by Crippen LogP contribution is 2.32. The van der Waals surface area contributed by atoms with Crippen LogP contribution < -0.4 is 10.1 Å². The van der Waals surface area contributed by atoms with E-state index in [1.54, 1.807) is 30.1 Å². The van der Waals surface area contributed by atoms with E-state index in [1.807, 2.05) is 17.5 Å². The van der Waals surface area contributed by atoms with Crippen LogP contribution in [0.2, 0.25) is 0 Å². The number of carbonyl (C=O) groups is 3. The quantitative estimate of drug-likeness (QED) is 0.735. The molecule has 1 aromatic carbocycles. The van der Waals surface area contributed by atoms with Crippen molar-refractivity contribution in [1.29, 1.82) is 0 Å². The van der Waals surface area contributed by atoms with Gasteiger partial charge < -0.3 is 24.8 Å². The molecule has 1 fully saturated rings. The highest BCUT2D eigenvalue weighted by atomic mass is 32.1. The van der Waals surface area contributed by atoms with Crippen molar-refractivity contribution in [1.82, 2.24) is 4.90 Å². The molecule has 0 unspecified atom stereocenters. The number of carbonyl (C=O) groups excluding carboxylic acids is 2. The zero-order chi connectivity index (χ0) is 22.0. The van der Waals surface area contributed by atoms with Crippen LogP contribution in [0.15, 0.2) is 35.7 Å². The number of aliphatic carboxylic acids is 1. The largest absolute Gasteiger partial charge is 0.490 e. The molecular formula is C22H24N2O6S. The Morgan fingerprint density at radius 2 is 2.13 bits per heavy atom. The molecule has 2 aliphatic heterocycles. The lowest BCUT2D eigenvalue weighted by atomic mass is 9.94. The van der Waals surface area contributed by atoms with Gasteiger partial charge in [-0.25, -0.2) is 0 Å². The number of ether oxygens (including phenoxy) is 2. The topological polar surface area (TPSA) is 105 Å². The zero-order valence-electron chi connectivity index (χ0n) is 17.1. The minimum absolute atomic E-state index is 0.0635. The number of thiophene rings is 1. The van der Waals surface area contributed by atoms with Crippen molar-refractivity contribution in [3.63, 3.8) is 0 Å². The monoisotopic (exact) mass is 444 g/mol. The summed E-state index contributed by atoms with van der Waals surface area (Å²) in [6.07, 6.45) is 0.636. The molecule has 8 nitrogen and oxygen atoms in total. The molecule has 3 atom stereocenters. The predicted molar refractivity (Wildman–Crippen MR) is 115 cm³/mol. The van der Waals surface area contributed by atoms with E-state index in [0.717, 1.165) is 4.88 Å². The van der Waals surface area contributed by atoms with Crippen molar-refractivity contribution in [2.24, 2.45) is 0 Å². The van der Waals surface area contributed by atoms with Crippen molar-refractivity contribution < 1.29 is 29.0 Å². The molecule has 31 heavy (non-hydrogen) atoms. The molecule has 0 saturated carbocycles. The Morgan fingerprint density at radius 1 is 1.29 bits per heavy atom. The molecule has 1 aromatic heterocycles. The van der Waals surface area contributed by atoms with Crippen LogP contribution in [0.25, 0.3) is 0 Å². The summed E-state index contributed by atoms with van der Waals surface area (Å²) in [5, 5.41) is 13.8. The van der Waals surface area contributed by atoms with E-state index in [1.165, 1.54) is 11.3 Å². The highest BCUT2D eigenvalue weighted by molar-refractivity contribution is 7.10. The van der Waals surface area contributed by atoms with Gasteiger partial charge in [-0.1, -0.05) is 6.07 Å². The molecule has 4 rings (SSSR count). The summed E-state index contributed by atoms with van der Waals surface area (Å²) < 4.78 is 11.8. The summed E-state index contributed by atoms with van der Waals surface area (Å²) in [5.41, 5.74) is 0.909. The third kappa shape index (κ3) is 4.88. The van der Waals surface area contributed by atoms with Gasteiger partial charge >= 0.3 is 5.97 Å². The third-order valence-corrected chi connectivity index (χ3v) is 6.49. The lowest BCUT2D eigenvalue weighted by molar-refractivity contribution is -0.148. The summed E-state index contributed by atoms with van der Waals surface area (Å²) in [6.45, 7) is 0.218. The van der Waals surface area contributed by atoms with Crippen molar-refractivity contribution in [2.75, 3.05) is 19.0 Å².